The van der Waals surface area contributed by atoms with Gasteiger partial charge < -0.3 is 4.74 Å². The van der Waals surface area contributed by atoms with Crippen molar-refractivity contribution in [1.82, 2.24) is 10.3 Å². The van der Waals surface area contributed by atoms with Crippen molar-refractivity contribution >= 4 is 17.2 Å². The maximum Gasteiger partial charge on any atom is 0.275 e. The molecule has 2 rings (SSSR count). The molecule has 0 bridgehead atoms. The molecule has 0 radical (unpaired) electrons. The zero-order valence-corrected chi connectivity index (χ0v) is 12.0. The number of nitrogens with two attached hydrogens (primary N) is 1. The summed E-state index contributed by atoms with van der Waals surface area (Å²) >= 11 is 1.51. The topological polar surface area (TPSA) is 67.6 Å². The number of amides is 1. The van der Waals surface area contributed by atoms with Crippen LogP contribution in [0.1, 0.15) is 27.4 Å². The first-order valence-electron chi connectivity index (χ1n) is 6.54. The van der Waals surface area contributed by atoms with E-state index in [1.165, 1.54) is 29.1 Å². The van der Waals surface area contributed by atoms with E-state index in [0.717, 1.165) is 26.2 Å². The number of hydrogen-bond donors (Lipinski definition) is 2. The number of likely N-dealkylation sites (tertiary alicyclic amines) is 1. The van der Waals surface area contributed by atoms with Crippen molar-refractivity contribution in [3.63, 3.8) is 0 Å². The number of nitrogens with one attached hydrogen (secondary N) is 1. The van der Waals surface area contributed by atoms with Crippen molar-refractivity contribution in [3.8, 4) is 0 Å². The highest BCUT2D eigenvalue weighted by molar-refractivity contribution is 7.14. The molecule has 106 valence electrons. The molecule has 0 spiro atoms. The van der Waals surface area contributed by atoms with Gasteiger partial charge in [0.1, 0.15) is 0 Å². The SMILES string of the molecule is COCC1CCN(Cc2ccc(C(=O)NN)s2)CC1. The van der Waals surface area contributed by atoms with Crippen LogP contribution in [0.5, 0.6) is 0 Å². The molecule has 0 unspecified atom stereocenters. The first kappa shape index (κ1) is 14.5. The smallest absolute Gasteiger partial charge is 0.275 e. The molecular weight excluding hydrogens is 262 g/mol. The molecule has 0 aromatic carbocycles. The Balaban J connectivity index is 1.82. The molecule has 3 N–H and O–H groups in total. The lowest BCUT2D eigenvalue weighted by molar-refractivity contribution is 0.0957. The minimum Gasteiger partial charge on any atom is -0.384 e. The molecule has 1 saturated heterocycles. The van der Waals surface area contributed by atoms with Crippen LogP contribution in [-0.2, 0) is 11.3 Å². The lowest BCUT2D eigenvalue weighted by atomic mass is 9.98. The van der Waals surface area contributed by atoms with Crippen LogP contribution in [0.25, 0.3) is 0 Å². The van der Waals surface area contributed by atoms with E-state index < -0.39 is 0 Å². The second-order valence-corrected chi connectivity index (χ2v) is 6.08. The number of piperidine rings is 1. The Kier molecular flexibility index (Phi) is 5.33. The van der Waals surface area contributed by atoms with Crippen LogP contribution in [0.15, 0.2) is 12.1 Å². The maximum atomic E-state index is 11.4. The third kappa shape index (κ3) is 4.01. The summed E-state index contributed by atoms with van der Waals surface area (Å²) in [4.78, 5) is 15.7. The van der Waals surface area contributed by atoms with E-state index in [1.54, 1.807) is 7.11 Å². The molecular formula is C13H21N3O2S. The van der Waals surface area contributed by atoms with Gasteiger partial charge in [0.05, 0.1) is 4.88 Å². The molecule has 5 nitrogen and oxygen atoms in total. The van der Waals surface area contributed by atoms with Crippen molar-refractivity contribution in [2.24, 2.45) is 11.8 Å². The summed E-state index contributed by atoms with van der Waals surface area (Å²) in [6, 6.07) is 3.84. The molecule has 1 aliphatic rings. The highest BCUT2D eigenvalue weighted by Gasteiger charge is 2.19. The third-order valence-electron chi connectivity index (χ3n) is 3.51. The predicted molar refractivity (Wildman–Crippen MR) is 75.8 cm³/mol. The van der Waals surface area contributed by atoms with Gasteiger partial charge in [-0.05, 0) is 44.0 Å². The van der Waals surface area contributed by atoms with Gasteiger partial charge in [0.15, 0.2) is 0 Å². The molecule has 1 aliphatic heterocycles. The summed E-state index contributed by atoms with van der Waals surface area (Å²) < 4.78 is 5.20. The fraction of sp³-hybridized carbons (Fsp3) is 0.615. The van der Waals surface area contributed by atoms with Gasteiger partial charge >= 0.3 is 0 Å². The largest absolute Gasteiger partial charge is 0.384 e. The van der Waals surface area contributed by atoms with Gasteiger partial charge in [-0.2, -0.15) is 0 Å². The Labute approximate surface area is 117 Å². The number of nitrogen functional groups attached to an aromatic ring is 1. The van der Waals surface area contributed by atoms with Crippen LogP contribution in [0.3, 0.4) is 0 Å². The summed E-state index contributed by atoms with van der Waals surface area (Å²) in [5.41, 5.74) is 2.16. The van der Waals surface area contributed by atoms with Crippen LogP contribution in [0, 0.1) is 5.92 Å². The Bertz CT molecular complexity index is 414. The molecule has 0 atom stereocenters. The highest BCUT2D eigenvalue weighted by atomic mass is 32.1. The lowest BCUT2D eigenvalue weighted by Crippen LogP contribution is -2.34. The standard InChI is InChI=1S/C13H21N3O2S/c1-18-9-10-4-6-16(7-5-10)8-11-2-3-12(19-11)13(17)15-14/h2-3,10H,4-9,14H2,1H3,(H,15,17). The van der Waals surface area contributed by atoms with E-state index in [-0.39, 0.29) is 5.91 Å². The van der Waals surface area contributed by atoms with Gasteiger partial charge in [-0.15, -0.1) is 11.3 Å². The average molecular weight is 283 g/mol. The van der Waals surface area contributed by atoms with Crippen molar-refractivity contribution < 1.29 is 9.53 Å². The molecule has 0 aliphatic carbocycles. The summed E-state index contributed by atoms with van der Waals surface area (Å²) in [7, 11) is 1.77. The van der Waals surface area contributed by atoms with Crippen molar-refractivity contribution in [3.05, 3.63) is 21.9 Å². The first-order valence-corrected chi connectivity index (χ1v) is 7.35. The molecule has 1 fully saturated rings. The number of ether oxygens (including phenoxy) is 1. The predicted octanol–water partition coefficient (Wildman–Crippen LogP) is 1.21. The Hall–Kier alpha value is -0.950. The average Bonchev–Trinajstić information content (AvgIpc) is 2.89. The molecule has 1 aromatic rings. The second-order valence-electron chi connectivity index (χ2n) is 4.91. The van der Waals surface area contributed by atoms with Crippen LogP contribution >= 0.6 is 11.3 Å². The summed E-state index contributed by atoms with van der Waals surface area (Å²) in [6.45, 7) is 3.99. The second kappa shape index (κ2) is 7.00. The Morgan fingerprint density at radius 3 is 2.89 bits per heavy atom. The molecule has 1 amide bonds. The van der Waals surface area contributed by atoms with Crippen LogP contribution in [0.4, 0.5) is 0 Å². The fourth-order valence-corrected chi connectivity index (χ4v) is 3.38. The van der Waals surface area contributed by atoms with Crippen LogP contribution in [-0.4, -0.2) is 37.6 Å². The van der Waals surface area contributed by atoms with Gasteiger partial charge in [-0.3, -0.25) is 15.1 Å². The van der Waals surface area contributed by atoms with E-state index in [2.05, 4.69) is 10.3 Å². The molecule has 19 heavy (non-hydrogen) atoms. The van der Waals surface area contributed by atoms with Crippen molar-refractivity contribution in [2.45, 2.75) is 19.4 Å². The van der Waals surface area contributed by atoms with Gasteiger partial charge in [-0.25, -0.2) is 5.84 Å². The fourth-order valence-electron chi connectivity index (χ4n) is 2.42. The molecule has 6 heteroatoms. The van der Waals surface area contributed by atoms with Gasteiger partial charge in [0.2, 0.25) is 0 Å². The number of rotatable bonds is 5. The number of hydrogen-bond acceptors (Lipinski definition) is 5. The maximum absolute atomic E-state index is 11.4. The summed E-state index contributed by atoms with van der Waals surface area (Å²) in [6.07, 6.45) is 2.38. The Morgan fingerprint density at radius 1 is 1.53 bits per heavy atom. The van der Waals surface area contributed by atoms with Gasteiger partial charge in [0.25, 0.3) is 5.91 Å². The van der Waals surface area contributed by atoms with E-state index in [0.29, 0.717) is 10.8 Å². The van der Waals surface area contributed by atoms with Crippen LogP contribution in [0.2, 0.25) is 0 Å². The van der Waals surface area contributed by atoms with Gasteiger partial charge in [-0.1, -0.05) is 0 Å². The highest BCUT2D eigenvalue weighted by Crippen LogP contribution is 2.22. The van der Waals surface area contributed by atoms with E-state index in [1.807, 2.05) is 12.1 Å². The summed E-state index contributed by atoms with van der Waals surface area (Å²) in [5, 5.41) is 0. The molecule has 2 heterocycles. The summed E-state index contributed by atoms with van der Waals surface area (Å²) in [5.74, 6) is 5.61. The quantitative estimate of drug-likeness (QED) is 0.484. The van der Waals surface area contributed by atoms with Crippen molar-refractivity contribution in [2.75, 3.05) is 26.8 Å². The Morgan fingerprint density at radius 2 is 2.26 bits per heavy atom. The van der Waals surface area contributed by atoms with Crippen LogP contribution < -0.4 is 11.3 Å². The lowest BCUT2D eigenvalue weighted by Gasteiger charge is -2.31. The zero-order chi connectivity index (χ0) is 13.7. The number of nitrogens with zero attached hydrogens (tertiary/aromatic N) is 1. The molecule has 1 aromatic heterocycles. The monoisotopic (exact) mass is 283 g/mol. The zero-order valence-electron chi connectivity index (χ0n) is 11.2. The van der Waals surface area contributed by atoms with Gasteiger partial charge in [0, 0.05) is 25.1 Å². The normalized spacial score (nSPS) is 17.6. The number of carbonyl (C=O) groups excluding carboxylic acids is 1. The van der Waals surface area contributed by atoms with E-state index in [4.69, 9.17) is 10.6 Å². The molecule has 0 saturated carbocycles. The number of carbonyl (C=O) groups is 1. The number of thiophene rings is 1. The number of hydrazine groups is 1. The van der Waals surface area contributed by atoms with E-state index in [9.17, 15) is 4.79 Å². The third-order valence-corrected chi connectivity index (χ3v) is 4.57. The number of methoxy groups -OCH3 is 1. The van der Waals surface area contributed by atoms with E-state index >= 15 is 0 Å². The minimum atomic E-state index is -0.213. The van der Waals surface area contributed by atoms with Crippen molar-refractivity contribution in [1.29, 1.82) is 0 Å². The minimum absolute atomic E-state index is 0.213. The first-order chi connectivity index (χ1) is 9.22.